The fraction of sp³-hybridized carbons (Fsp3) is 0.714. The molecular formula is C21H35N. The largest absolute Gasteiger partial charge is 0.313 e. The van der Waals surface area contributed by atoms with Crippen LogP contribution < -0.4 is 5.32 Å². The van der Waals surface area contributed by atoms with E-state index in [4.69, 9.17) is 0 Å². The van der Waals surface area contributed by atoms with Gasteiger partial charge >= 0.3 is 0 Å². The summed E-state index contributed by atoms with van der Waals surface area (Å²) in [5.74, 6) is 3.00. The molecule has 0 radical (unpaired) electrons. The minimum Gasteiger partial charge on any atom is -0.313 e. The molecule has 2 rings (SSSR count). The van der Waals surface area contributed by atoms with E-state index in [1.807, 2.05) is 0 Å². The van der Waals surface area contributed by atoms with Crippen LogP contribution in [0.15, 0.2) is 24.3 Å². The highest BCUT2D eigenvalue weighted by Gasteiger charge is 2.27. The second-order valence-electron chi connectivity index (χ2n) is 8.03. The highest BCUT2D eigenvalue weighted by Crippen LogP contribution is 2.29. The predicted molar refractivity (Wildman–Crippen MR) is 97.4 cm³/mol. The van der Waals surface area contributed by atoms with Gasteiger partial charge < -0.3 is 5.32 Å². The Balaban J connectivity index is 1.81. The molecule has 3 unspecified atom stereocenters. The molecule has 1 aliphatic carbocycles. The minimum atomic E-state index is 0.627. The van der Waals surface area contributed by atoms with E-state index in [2.05, 4.69) is 64.2 Å². The fourth-order valence-corrected chi connectivity index (χ4v) is 3.93. The average molecular weight is 302 g/mol. The molecule has 1 aliphatic rings. The number of rotatable bonds is 6. The van der Waals surface area contributed by atoms with Crippen LogP contribution in [0.2, 0.25) is 0 Å². The zero-order chi connectivity index (χ0) is 16.1. The zero-order valence-corrected chi connectivity index (χ0v) is 15.2. The molecule has 1 nitrogen and oxygen atoms in total. The van der Waals surface area contributed by atoms with Gasteiger partial charge in [-0.1, -0.05) is 65.3 Å². The molecule has 1 aromatic carbocycles. The molecule has 1 heteroatoms. The zero-order valence-electron chi connectivity index (χ0n) is 15.2. The monoisotopic (exact) mass is 301 g/mol. The van der Waals surface area contributed by atoms with Crippen molar-refractivity contribution in [3.8, 4) is 0 Å². The van der Waals surface area contributed by atoms with Crippen molar-refractivity contribution in [1.82, 2.24) is 5.32 Å². The van der Waals surface area contributed by atoms with E-state index in [1.165, 1.54) is 36.8 Å². The Bertz CT molecular complexity index is 424. The van der Waals surface area contributed by atoms with Gasteiger partial charge in [0, 0.05) is 6.04 Å². The SMILES string of the molecule is CC(CNC1C(C)CCCC1C)Cc1ccc(C(C)C)cc1. The first-order valence-electron chi connectivity index (χ1n) is 9.29. The summed E-state index contributed by atoms with van der Waals surface area (Å²) in [5, 5.41) is 3.87. The predicted octanol–water partition coefficient (Wildman–Crippen LogP) is 5.40. The van der Waals surface area contributed by atoms with Crippen LogP contribution in [0.25, 0.3) is 0 Å². The maximum atomic E-state index is 3.87. The molecular weight excluding hydrogens is 266 g/mol. The van der Waals surface area contributed by atoms with Crippen molar-refractivity contribution in [2.24, 2.45) is 17.8 Å². The smallest absolute Gasteiger partial charge is 0.0118 e. The van der Waals surface area contributed by atoms with Crippen LogP contribution in [0.5, 0.6) is 0 Å². The quantitative estimate of drug-likeness (QED) is 0.741. The summed E-state index contributed by atoms with van der Waals surface area (Å²) in [4.78, 5) is 0. The van der Waals surface area contributed by atoms with Gasteiger partial charge in [-0.2, -0.15) is 0 Å². The lowest BCUT2D eigenvalue weighted by Gasteiger charge is -2.36. The van der Waals surface area contributed by atoms with Crippen LogP contribution >= 0.6 is 0 Å². The van der Waals surface area contributed by atoms with Crippen LogP contribution in [0.4, 0.5) is 0 Å². The summed E-state index contributed by atoms with van der Waals surface area (Å²) in [5.41, 5.74) is 2.92. The van der Waals surface area contributed by atoms with Gasteiger partial charge in [0.2, 0.25) is 0 Å². The van der Waals surface area contributed by atoms with E-state index < -0.39 is 0 Å². The first kappa shape index (κ1) is 17.5. The van der Waals surface area contributed by atoms with Gasteiger partial charge in [-0.3, -0.25) is 0 Å². The first-order chi connectivity index (χ1) is 10.5. The van der Waals surface area contributed by atoms with E-state index in [9.17, 15) is 0 Å². The van der Waals surface area contributed by atoms with E-state index in [-0.39, 0.29) is 0 Å². The number of hydrogen-bond acceptors (Lipinski definition) is 1. The lowest BCUT2D eigenvalue weighted by molar-refractivity contribution is 0.203. The van der Waals surface area contributed by atoms with Crippen molar-refractivity contribution in [2.75, 3.05) is 6.54 Å². The number of benzene rings is 1. The average Bonchev–Trinajstić information content (AvgIpc) is 2.47. The van der Waals surface area contributed by atoms with E-state index >= 15 is 0 Å². The Hall–Kier alpha value is -0.820. The highest BCUT2D eigenvalue weighted by atomic mass is 14.9. The molecule has 1 saturated carbocycles. The Morgan fingerprint density at radius 2 is 1.59 bits per heavy atom. The van der Waals surface area contributed by atoms with Gasteiger partial charge in [0.15, 0.2) is 0 Å². The third kappa shape index (κ3) is 4.84. The summed E-state index contributed by atoms with van der Waals surface area (Å²) in [6.07, 6.45) is 5.39. The second kappa shape index (κ2) is 8.15. The molecule has 1 N–H and O–H groups in total. The summed E-state index contributed by atoms with van der Waals surface area (Å²) < 4.78 is 0. The Morgan fingerprint density at radius 3 is 2.14 bits per heavy atom. The molecule has 0 bridgehead atoms. The Labute approximate surface area is 137 Å². The van der Waals surface area contributed by atoms with Crippen LogP contribution in [-0.2, 0) is 6.42 Å². The lowest BCUT2D eigenvalue weighted by atomic mass is 9.78. The second-order valence-corrected chi connectivity index (χ2v) is 8.03. The van der Waals surface area contributed by atoms with Gasteiger partial charge in [0.25, 0.3) is 0 Å². The topological polar surface area (TPSA) is 12.0 Å². The molecule has 0 amide bonds. The number of hydrogen-bond donors (Lipinski definition) is 1. The van der Waals surface area contributed by atoms with Gasteiger partial charge in [0.1, 0.15) is 0 Å². The summed E-state index contributed by atoms with van der Waals surface area (Å²) >= 11 is 0. The van der Waals surface area contributed by atoms with Gasteiger partial charge in [-0.25, -0.2) is 0 Å². The van der Waals surface area contributed by atoms with Crippen molar-refractivity contribution in [2.45, 2.75) is 72.3 Å². The maximum absolute atomic E-state index is 3.87. The van der Waals surface area contributed by atoms with Crippen LogP contribution in [0, 0.1) is 17.8 Å². The highest BCUT2D eigenvalue weighted by molar-refractivity contribution is 5.24. The Morgan fingerprint density at radius 1 is 1.00 bits per heavy atom. The molecule has 124 valence electrons. The van der Waals surface area contributed by atoms with Crippen molar-refractivity contribution in [3.63, 3.8) is 0 Å². The van der Waals surface area contributed by atoms with Crippen molar-refractivity contribution in [1.29, 1.82) is 0 Å². The summed E-state index contributed by atoms with van der Waals surface area (Å²) in [6.45, 7) is 12.9. The standard InChI is InChI=1S/C21H35N/c1-15(2)20-11-9-19(10-12-20)13-16(3)14-22-21-17(4)7-6-8-18(21)5/h9-12,15-18,21-22H,6-8,13-14H2,1-5H3. The first-order valence-corrected chi connectivity index (χ1v) is 9.29. The molecule has 0 saturated heterocycles. The fourth-order valence-electron chi connectivity index (χ4n) is 3.93. The van der Waals surface area contributed by atoms with E-state index in [1.54, 1.807) is 0 Å². The third-order valence-electron chi connectivity index (χ3n) is 5.48. The molecule has 22 heavy (non-hydrogen) atoms. The summed E-state index contributed by atoms with van der Waals surface area (Å²) in [6, 6.07) is 9.95. The minimum absolute atomic E-state index is 0.627. The van der Waals surface area contributed by atoms with Crippen LogP contribution in [0.3, 0.4) is 0 Å². The molecule has 3 atom stereocenters. The molecule has 0 aromatic heterocycles. The third-order valence-corrected chi connectivity index (χ3v) is 5.48. The molecule has 0 heterocycles. The Kier molecular flexibility index (Phi) is 6.50. The normalized spacial score (nSPS) is 27.1. The number of nitrogens with one attached hydrogen (secondary N) is 1. The van der Waals surface area contributed by atoms with Crippen LogP contribution in [-0.4, -0.2) is 12.6 Å². The van der Waals surface area contributed by atoms with Gasteiger partial charge in [0.05, 0.1) is 0 Å². The van der Waals surface area contributed by atoms with E-state index in [0.717, 1.165) is 24.4 Å². The maximum Gasteiger partial charge on any atom is 0.0118 e. The van der Waals surface area contributed by atoms with Gasteiger partial charge in [-0.05, 0) is 60.6 Å². The van der Waals surface area contributed by atoms with Crippen molar-refractivity contribution < 1.29 is 0 Å². The van der Waals surface area contributed by atoms with Crippen molar-refractivity contribution in [3.05, 3.63) is 35.4 Å². The molecule has 1 fully saturated rings. The van der Waals surface area contributed by atoms with Gasteiger partial charge in [-0.15, -0.1) is 0 Å². The molecule has 1 aromatic rings. The summed E-state index contributed by atoms with van der Waals surface area (Å²) in [7, 11) is 0. The lowest BCUT2D eigenvalue weighted by Crippen LogP contribution is -2.44. The van der Waals surface area contributed by atoms with Crippen LogP contribution in [0.1, 0.15) is 70.9 Å². The van der Waals surface area contributed by atoms with E-state index in [0.29, 0.717) is 11.8 Å². The molecule has 0 aliphatic heterocycles. The molecule has 0 spiro atoms. The van der Waals surface area contributed by atoms with Crippen molar-refractivity contribution >= 4 is 0 Å².